The topological polar surface area (TPSA) is 54.9 Å². The lowest BCUT2D eigenvalue weighted by Gasteiger charge is -2.13. The molecule has 2 aromatic rings. The molecule has 138 valence electrons. The molecule has 8 heteroatoms. The lowest BCUT2D eigenvalue weighted by Crippen LogP contribution is -2.31. The third-order valence-corrected chi connectivity index (χ3v) is 4.20. The molecule has 2 N–H and O–H groups in total. The molecule has 0 saturated heterocycles. The van der Waals surface area contributed by atoms with E-state index in [0.717, 1.165) is 22.1 Å². The second-order valence-corrected chi connectivity index (χ2v) is 6.44. The van der Waals surface area contributed by atoms with Crippen LogP contribution in [0.25, 0.3) is 0 Å². The molecule has 5 nitrogen and oxygen atoms in total. The van der Waals surface area contributed by atoms with Crippen LogP contribution in [-0.2, 0) is 6.61 Å². The number of benzene rings is 2. The molecule has 0 aliphatic heterocycles. The highest BCUT2D eigenvalue weighted by atomic mass is 79.9. The molecule has 2 aromatic carbocycles. The fourth-order valence-electron chi connectivity index (χ4n) is 2.07. The van der Waals surface area contributed by atoms with Crippen molar-refractivity contribution in [3.63, 3.8) is 0 Å². The number of methoxy groups -OCH3 is 1. The van der Waals surface area contributed by atoms with E-state index in [-0.39, 0.29) is 12.4 Å². The summed E-state index contributed by atoms with van der Waals surface area (Å²) in [6.45, 7) is 2.89. The molecular formula is C18H19BrFN3O2S. The van der Waals surface area contributed by atoms with Crippen LogP contribution in [0.1, 0.15) is 18.1 Å². The molecule has 0 aliphatic rings. The van der Waals surface area contributed by atoms with Gasteiger partial charge in [0.15, 0.2) is 16.6 Å². The van der Waals surface area contributed by atoms with Crippen LogP contribution in [0, 0.1) is 5.82 Å². The van der Waals surface area contributed by atoms with Crippen molar-refractivity contribution >= 4 is 39.5 Å². The van der Waals surface area contributed by atoms with Crippen LogP contribution in [0.2, 0.25) is 0 Å². The Hall–Kier alpha value is -2.19. The van der Waals surface area contributed by atoms with Crippen molar-refractivity contribution in [2.45, 2.75) is 13.5 Å². The molecule has 0 aromatic heterocycles. The van der Waals surface area contributed by atoms with Crippen LogP contribution in [-0.4, -0.2) is 25.0 Å². The number of halogens is 2. The van der Waals surface area contributed by atoms with Gasteiger partial charge in [-0.2, -0.15) is 5.10 Å². The first kappa shape index (κ1) is 20.1. The van der Waals surface area contributed by atoms with Crippen molar-refractivity contribution in [1.29, 1.82) is 0 Å². The smallest absolute Gasteiger partial charge is 0.186 e. The molecule has 0 unspecified atom stereocenters. The zero-order valence-electron chi connectivity index (χ0n) is 14.4. The predicted molar refractivity (Wildman–Crippen MR) is 108 cm³/mol. The van der Waals surface area contributed by atoms with Gasteiger partial charge in [-0.3, -0.25) is 5.43 Å². The summed E-state index contributed by atoms with van der Waals surface area (Å²) < 4.78 is 25.2. The number of hydrazone groups is 1. The minimum atomic E-state index is -0.297. The van der Waals surface area contributed by atoms with Gasteiger partial charge in [-0.05, 0) is 64.9 Å². The lowest BCUT2D eigenvalue weighted by atomic mass is 10.2. The van der Waals surface area contributed by atoms with E-state index in [1.165, 1.54) is 12.1 Å². The summed E-state index contributed by atoms with van der Waals surface area (Å²) in [5.41, 5.74) is 4.24. The summed E-state index contributed by atoms with van der Waals surface area (Å²) in [5.74, 6) is 0.783. The fraction of sp³-hybridized carbons (Fsp3) is 0.222. The predicted octanol–water partition coefficient (Wildman–Crippen LogP) is 3.99. The molecule has 0 amide bonds. The highest BCUT2D eigenvalue weighted by Gasteiger charge is 2.10. The summed E-state index contributed by atoms with van der Waals surface area (Å²) in [4.78, 5) is 0. The minimum absolute atomic E-state index is 0.229. The number of ether oxygens (including phenoxy) is 2. The Bertz CT molecular complexity index is 802. The van der Waals surface area contributed by atoms with E-state index in [0.29, 0.717) is 16.6 Å². The molecule has 2 rings (SSSR count). The zero-order valence-corrected chi connectivity index (χ0v) is 16.8. The molecule has 0 bridgehead atoms. The van der Waals surface area contributed by atoms with Gasteiger partial charge < -0.3 is 14.8 Å². The van der Waals surface area contributed by atoms with Crippen molar-refractivity contribution in [3.05, 3.63) is 57.8 Å². The van der Waals surface area contributed by atoms with Crippen molar-refractivity contribution in [2.75, 3.05) is 13.7 Å². The number of hydrogen-bond donors (Lipinski definition) is 2. The van der Waals surface area contributed by atoms with Crippen LogP contribution in [0.15, 0.2) is 46.0 Å². The van der Waals surface area contributed by atoms with Gasteiger partial charge in [0.25, 0.3) is 0 Å². The Morgan fingerprint density at radius 2 is 2.12 bits per heavy atom. The molecular weight excluding hydrogens is 421 g/mol. The van der Waals surface area contributed by atoms with E-state index in [9.17, 15) is 4.39 Å². The van der Waals surface area contributed by atoms with Crippen LogP contribution in [0.4, 0.5) is 4.39 Å². The van der Waals surface area contributed by atoms with Gasteiger partial charge in [-0.25, -0.2) is 4.39 Å². The van der Waals surface area contributed by atoms with Crippen molar-refractivity contribution in [3.8, 4) is 11.5 Å². The maximum absolute atomic E-state index is 13.3. The van der Waals surface area contributed by atoms with Crippen LogP contribution >= 0.6 is 28.1 Å². The highest BCUT2D eigenvalue weighted by molar-refractivity contribution is 9.10. The van der Waals surface area contributed by atoms with Gasteiger partial charge >= 0.3 is 0 Å². The summed E-state index contributed by atoms with van der Waals surface area (Å²) in [6.07, 6.45) is 1.62. The third kappa shape index (κ3) is 5.96. The first-order valence-electron chi connectivity index (χ1n) is 7.85. The van der Waals surface area contributed by atoms with E-state index in [1.807, 2.05) is 6.92 Å². The molecule has 0 aliphatic carbocycles. The van der Waals surface area contributed by atoms with Crippen LogP contribution in [0.3, 0.4) is 0 Å². The monoisotopic (exact) mass is 439 g/mol. The number of nitrogens with one attached hydrogen (secondary N) is 2. The Morgan fingerprint density at radius 3 is 2.81 bits per heavy atom. The van der Waals surface area contributed by atoms with Gasteiger partial charge in [-0.15, -0.1) is 0 Å². The van der Waals surface area contributed by atoms with E-state index in [4.69, 9.17) is 21.7 Å². The van der Waals surface area contributed by atoms with E-state index >= 15 is 0 Å². The summed E-state index contributed by atoms with van der Waals surface area (Å²) in [6, 6.07) is 9.83. The number of hydrogen-bond acceptors (Lipinski definition) is 4. The third-order valence-electron chi connectivity index (χ3n) is 3.27. The fourth-order valence-corrected chi connectivity index (χ4v) is 2.69. The normalized spacial score (nSPS) is 10.6. The van der Waals surface area contributed by atoms with Gasteiger partial charge in [0.2, 0.25) is 0 Å². The van der Waals surface area contributed by atoms with Crippen LogP contribution in [0.5, 0.6) is 11.5 Å². The summed E-state index contributed by atoms with van der Waals surface area (Å²) >= 11 is 8.53. The Kier molecular flexibility index (Phi) is 7.80. The number of nitrogens with zero attached hydrogens (tertiary/aromatic N) is 1. The second-order valence-electron chi connectivity index (χ2n) is 5.17. The largest absolute Gasteiger partial charge is 0.493 e. The zero-order chi connectivity index (χ0) is 18.9. The van der Waals surface area contributed by atoms with Gasteiger partial charge in [-0.1, -0.05) is 12.1 Å². The van der Waals surface area contributed by atoms with Crippen molar-refractivity contribution in [1.82, 2.24) is 10.7 Å². The number of thiocarbonyl (C=S) groups is 1. The summed E-state index contributed by atoms with van der Waals surface area (Å²) in [7, 11) is 1.55. The van der Waals surface area contributed by atoms with Crippen molar-refractivity contribution < 1.29 is 13.9 Å². The standard InChI is InChI=1S/C18H19BrFN3O2S/c1-3-21-18(26)23-22-10-13-8-16(24-2)17(9-15(13)19)25-11-12-5-4-6-14(20)7-12/h4-10H,3,11H2,1-2H3,(H2,21,23,26). The molecule has 0 fully saturated rings. The van der Waals surface area contributed by atoms with Gasteiger partial charge in [0.1, 0.15) is 12.4 Å². The average molecular weight is 440 g/mol. The van der Waals surface area contributed by atoms with Crippen molar-refractivity contribution in [2.24, 2.45) is 5.10 Å². The van der Waals surface area contributed by atoms with E-state index in [1.54, 1.807) is 37.6 Å². The Balaban J connectivity index is 2.10. The molecule has 0 heterocycles. The molecule has 0 radical (unpaired) electrons. The van der Waals surface area contributed by atoms with E-state index in [2.05, 4.69) is 31.8 Å². The highest BCUT2D eigenvalue weighted by Crippen LogP contribution is 2.33. The molecule has 26 heavy (non-hydrogen) atoms. The Labute approximate surface area is 165 Å². The van der Waals surface area contributed by atoms with E-state index < -0.39 is 0 Å². The van der Waals surface area contributed by atoms with Crippen LogP contribution < -0.4 is 20.2 Å². The molecule has 0 spiro atoms. The van der Waals surface area contributed by atoms with Gasteiger partial charge in [0.05, 0.1) is 13.3 Å². The maximum Gasteiger partial charge on any atom is 0.186 e. The first-order valence-corrected chi connectivity index (χ1v) is 9.05. The molecule has 0 saturated carbocycles. The Morgan fingerprint density at radius 1 is 1.31 bits per heavy atom. The molecule has 0 atom stereocenters. The summed E-state index contributed by atoms with van der Waals surface area (Å²) in [5, 5.41) is 7.47. The minimum Gasteiger partial charge on any atom is -0.493 e. The average Bonchev–Trinajstić information content (AvgIpc) is 2.61. The maximum atomic E-state index is 13.3. The lowest BCUT2D eigenvalue weighted by molar-refractivity contribution is 0.284. The number of rotatable bonds is 7. The second kappa shape index (κ2) is 10.1. The first-order chi connectivity index (χ1) is 12.5. The quantitative estimate of drug-likeness (QED) is 0.388. The van der Waals surface area contributed by atoms with Gasteiger partial charge in [0, 0.05) is 16.6 Å². The SMILES string of the molecule is CCNC(=S)NN=Cc1cc(OC)c(OCc2cccc(F)c2)cc1Br.